The first kappa shape index (κ1) is 23.9. The lowest BCUT2D eigenvalue weighted by molar-refractivity contribution is -0.118. The maximum Gasteiger partial charge on any atom is 0.268 e. The van der Waals surface area contributed by atoms with E-state index in [2.05, 4.69) is 10.6 Å². The first-order chi connectivity index (χ1) is 17.0. The zero-order valence-corrected chi connectivity index (χ0v) is 19.9. The van der Waals surface area contributed by atoms with Gasteiger partial charge in [0.25, 0.3) is 11.8 Å². The predicted octanol–water partition coefficient (Wildman–Crippen LogP) is 4.27. The molecule has 1 aliphatic carbocycles. The summed E-state index contributed by atoms with van der Waals surface area (Å²) >= 11 is 0. The topological polar surface area (TPSA) is 99.0 Å². The number of aryl methyl sites for hydroxylation is 1. The van der Waals surface area contributed by atoms with Gasteiger partial charge in [-0.3, -0.25) is 9.59 Å². The molecule has 4 rings (SSSR count). The van der Waals surface area contributed by atoms with Crippen LogP contribution in [-0.2, 0) is 11.2 Å². The summed E-state index contributed by atoms with van der Waals surface area (Å²) in [5.74, 6) is 1.26. The van der Waals surface area contributed by atoms with E-state index in [4.69, 9.17) is 18.6 Å². The number of benzene rings is 2. The van der Waals surface area contributed by atoms with Gasteiger partial charge in [0, 0.05) is 11.6 Å². The van der Waals surface area contributed by atoms with Crippen molar-refractivity contribution in [2.75, 3.05) is 21.3 Å². The van der Waals surface area contributed by atoms with Gasteiger partial charge in [-0.1, -0.05) is 6.07 Å². The van der Waals surface area contributed by atoms with E-state index in [1.165, 1.54) is 26.6 Å². The highest BCUT2D eigenvalue weighted by Gasteiger charge is 2.25. The van der Waals surface area contributed by atoms with Gasteiger partial charge in [0.1, 0.15) is 17.2 Å². The minimum absolute atomic E-state index is 0.0698. The van der Waals surface area contributed by atoms with Crippen LogP contribution in [0.5, 0.6) is 17.2 Å². The van der Waals surface area contributed by atoms with Crippen molar-refractivity contribution in [3.63, 3.8) is 0 Å². The normalized spacial score (nSPS) is 15.1. The summed E-state index contributed by atoms with van der Waals surface area (Å²) in [6, 6.07) is 13.9. The van der Waals surface area contributed by atoms with Crippen molar-refractivity contribution in [2.24, 2.45) is 0 Å². The maximum atomic E-state index is 13.4. The Kier molecular flexibility index (Phi) is 7.40. The second kappa shape index (κ2) is 10.8. The van der Waals surface area contributed by atoms with Gasteiger partial charge in [-0.15, -0.1) is 0 Å². The lowest BCUT2D eigenvalue weighted by Crippen LogP contribution is -2.37. The summed E-state index contributed by atoms with van der Waals surface area (Å²) in [6.45, 7) is 0. The molecule has 1 heterocycles. The van der Waals surface area contributed by atoms with Crippen LogP contribution in [0.4, 0.5) is 0 Å². The van der Waals surface area contributed by atoms with Gasteiger partial charge >= 0.3 is 0 Å². The molecule has 0 radical (unpaired) electrons. The van der Waals surface area contributed by atoms with E-state index < -0.39 is 11.8 Å². The van der Waals surface area contributed by atoms with Crippen LogP contribution in [0.1, 0.15) is 46.1 Å². The molecule has 0 saturated heterocycles. The Morgan fingerprint density at radius 3 is 2.54 bits per heavy atom. The fourth-order valence-electron chi connectivity index (χ4n) is 4.15. The Morgan fingerprint density at radius 2 is 1.83 bits per heavy atom. The van der Waals surface area contributed by atoms with Crippen molar-refractivity contribution in [2.45, 2.75) is 25.3 Å². The molecule has 1 aromatic heterocycles. The quantitative estimate of drug-likeness (QED) is 0.471. The van der Waals surface area contributed by atoms with E-state index >= 15 is 0 Å². The van der Waals surface area contributed by atoms with Crippen LogP contribution in [0.15, 0.2) is 64.9 Å². The lowest BCUT2D eigenvalue weighted by atomic mass is 9.87. The summed E-state index contributed by atoms with van der Waals surface area (Å²) in [4.78, 5) is 26.4. The van der Waals surface area contributed by atoms with Crippen molar-refractivity contribution < 1.29 is 28.2 Å². The highest BCUT2D eigenvalue weighted by atomic mass is 16.5. The van der Waals surface area contributed by atoms with E-state index in [0.717, 1.165) is 36.1 Å². The first-order valence-electron chi connectivity index (χ1n) is 11.3. The Bertz CT molecular complexity index is 1230. The van der Waals surface area contributed by atoms with E-state index in [1.807, 2.05) is 18.2 Å². The molecule has 0 bridgehead atoms. The zero-order chi connectivity index (χ0) is 24.8. The van der Waals surface area contributed by atoms with Crippen LogP contribution in [0, 0.1) is 0 Å². The molecule has 0 unspecified atom stereocenters. The Labute approximate surface area is 203 Å². The van der Waals surface area contributed by atoms with Crippen molar-refractivity contribution in [1.29, 1.82) is 0 Å². The number of carbonyl (C=O) groups is 2. The molecule has 182 valence electrons. The molecular weight excluding hydrogens is 448 g/mol. The van der Waals surface area contributed by atoms with Gasteiger partial charge in [0.15, 0.2) is 11.5 Å². The standard InChI is InChI=1S/C27H28N2O6/c1-32-19-10-11-21-17(14-19)6-4-8-22(21)28-27(31)23(16-20-7-5-13-35-20)29-26(30)18-9-12-24(33-2)25(15-18)34-3/h5,7,9-16,22H,4,6,8H2,1-3H3,(H,28,31)(H,29,30)/b23-16-/t22-/m1/s1. The molecule has 8 heteroatoms. The highest BCUT2D eigenvalue weighted by molar-refractivity contribution is 6.05. The van der Waals surface area contributed by atoms with Crippen LogP contribution in [0.25, 0.3) is 6.08 Å². The third-order valence-corrected chi connectivity index (χ3v) is 5.94. The van der Waals surface area contributed by atoms with E-state index in [0.29, 0.717) is 22.8 Å². The fraction of sp³-hybridized carbons (Fsp3) is 0.259. The number of nitrogens with one attached hydrogen (secondary N) is 2. The van der Waals surface area contributed by atoms with Gasteiger partial charge < -0.3 is 29.3 Å². The number of hydrogen-bond donors (Lipinski definition) is 2. The molecule has 2 aromatic carbocycles. The highest BCUT2D eigenvalue weighted by Crippen LogP contribution is 2.32. The van der Waals surface area contributed by atoms with Crippen molar-refractivity contribution in [3.05, 3.63) is 82.9 Å². The average molecular weight is 477 g/mol. The van der Waals surface area contributed by atoms with Gasteiger partial charge in [-0.25, -0.2) is 0 Å². The largest absolute Gasteiger partial charge is 0.497 e. The third-order valence-electron chi connectivity index (χ3n) is 5.94. The minimum atomic E-state index is -0.465. The molecule has 1 atom stereocenters. The molecule has 0 aliphatic heterocycles. The summed E-state index contributed by atoms with van der Waals surface area (Å²) in [6.07, 6.45) is 5.65. The number of methoxy groups -OCH3 is 3. The van der Waals surface area contributed by atoms with Crippen LogP contribution in [0.3, 0.4) is 0 Å². The van der Waals surface area contributed by atoms with Gasteiger partial charge in [-0.05, 0) is 72.9 Å². The number of ether oxygens (including phenoxy) is 3. The number of carbonyl (C=O) groups excluding carboxylic acids is 2. The predicted molar refractivity (Wildman–Crippen MR) is 131 cm³/mol. The monoisotopic (exact) mass is 476 g/mol. The van der Waals surface area contributed by atoms with Crippen molar-refractivity contribution in [3.8, 4) is 17.2 Å². The summed E-state index contributed by atoms with van der Waals surface area (Å²) in [7, 11) is 4.65. The Balaban J connectivity index is 1.57. The second-order valence-electron chi connectivity index (χ2n) is 8.08. The second-order valence-corrected chi connectivity index (χ2v) is 8.08. The number of fused-ring (bicyclic) bond motifs is 1. The third kappa shape index (κ3) is 5.48. The van der Waals surface area contributed by atoms with Gasteiger partial charge in [-0.2, -0.15) is 0 Å². The lowest BCUT2D eigenvalue weighted by Gasteiger charge is -2.27. The fourth-order valence-corrected chi connectivity index (χ4v) is 4.15. The molecule has 2 amide bonds. The average Bonchev–Trinajstić information content (AvgIpc) is 3.40. The zero-order valence-electron chi connectivity index (χ0n) is 19.9. The van der Waals surface area contributed by atoms with Crippen LogP contribution >= 0.6 is 0 Å². The van der Waals surface area contributed by atoms with Crippen LogP contribution in [-0.4, -0.2) is 33.1 Å². The number of hydrogen-bond acceptors (Lipinski definition) is 6. The van der Waals surface area contributed by atoms with Crippen LogP contribution in [0.2, 0.25) is 0 Å². The molecule has 0 fully saturated rings. The number of amides is 2. The van der Waals surface area contributed by atoms with Gasteiger partial charge in [0.2, 0.25) is 0 Å². The molecule has 0 spiro atoms. The number of furan rings is 1. The summed E-state index contributed by atoms with van der Waals surface area (Å²) in [5, 5.41) is 5.80. The molecule has 8 nitrogen and oxygen atoms in total. The number of rotatable bonds is 8. The van der Waals surface area contributed by atoms with E-state index in [-0.39, 0.29) is 11.7 Å². The summed E-state index contributed by atoms with van der Waals surface area (Å²) < 4.78 is 21.2. The van der Waals surface area contributed by atoms with Crippen molar-refractivity contribution in [1.82, 2.24) is 10.6 Å². The van der Waals surface area contributed by atoms with Crippen molar-refractivity contribution >= 4 is 17.9 Å². The minimum Gasteiger partial charge on any atom is -0.497 e. The van der Waals surface area contributed by atoms with E-state index in [9.17, 15) is 9.59 Å². The van der Waals surface area contributed by atoms with Gasteiger partial charge in [0.05, 0.1) is 33.6 Å². The molecule has 1 aliphatic rings. The van der Waals surface area contributed by atoms with Crippen LogP contribution < -0.4 is 24.8 Å². The SMILES string of the molecule is COc1ccc2c(c1)CCC[C@H]2NC(=O)/C(=C/c1ccco1)NC(=O)c1ccc(OC)c(OC)c1. The molecular formula is C27H28N2O6. The maximum absolute atomic E-state index is 13.4. The molecule has 0 saturated carbocycles. The summed E-state index contributed by atoms with van der Waals surface area (Å²) in [5.41, 5.74) is 2.58. The molecule has 35 heavy (non-hydrogen) atoms. The van der Waals surface area contributed by atoms with E-state index in [1.54, 1.807) is 37.4 Å². The Morgan fingerprint density at radius 1 is 1.00 bits per heavy atom. The Hall–Kier alpha value is -4.20. The molecule has 2 N–H and O–H groups in total. The smallest absolute Gasteiger partial charge is 0.268 e. The first-order valence-corrected chi connectivity index (χ1v) is 11.3. The molecule has 3 aromatic rings.